The molecule has 0 spiro atoms. The zero-order chi connectivity index (χ0) is 13.8. The maximum atomic E-state index is 13.6. The van der Waals surface area contributed by atoms with E-state index < -0.39 is 11.6 Å². The van der Waals surface area contributed by atoms with E-state index in [4.69, 9.17) is 5.73 Å². The molecule has 4 heteroatoms. The molecule has 0 fully saturated rings. The number of rotatable bonds is 6. The molecule has 1 aromatic carbocycles. The molecule has 0 saturated heterocycles. The average Bonchev–Trinajstić information content (AvgIpc) is 2.31. The van der Waals surface area contributed by atoms with Gasteiger partial charge in [-0.15, -0.1) is 0 Å². The Hall–Kier alpha value is -1.00. The summed E-state index contributed by atoms with van der Waals surface area (Å²) >= 11 is 0. The highest BCUT2D eigenvalue weighted by Gasteiger charge is 2.20. The highest BCUT2D eigenvalue weighted by atomic mass is 19.1. The molecule has 102 valence electrons. The van der Waals surface area contributed by atoms with E-state index in [0.717, 1.165) is 19.2 Å². The van der Waals surface area contributed by atoms with Crippen molar-refractivity contribution in [1.82, 2.24) is 4.90 Å². The lowest BCUT2D eigenvalue weighted by Gasteiger charge is -2.31. The van der Waals surface area contributed by atoms with Crippen molar-refractivity contribution in [2.75, 3.05) is 19.6 Å². The molecule has 0 aliphatic rings. The van der Waals surface area contributed by atoms with Gasteiger partial charge in [0.15, 0.2) is 0 Å². The van der Waals surface area contributed by atoms with Gasteiger partial charge in [0.2, 0.25) is 0 Å². The molecule has 0 heterocycles. The zero-order valence-corrected chi connectivity index (χ0v) is 11.3. The fourth-order valence-corrected chi connectivity index (χ4v) is 1.84. The summed E-state index contributed by atoms with van der Waals surface area (Å²) in [5.74, 6) is -1.03. The van der Waals surface area contributed by atoms with Crippen LogP contribution in [-0.4, -0.2) is 24.5 Å². The Labute approximate surface area is 108 Å². The molecule has 0 atom stereocenters. The average molecular weight is 256 g/mol. The first-order valence-electron chi connectivity index (χ1n) is 6.24. The molecule has 0 aliphatic carbocycles. The Morgan fingerprint density at radius 3 is 2.44 bits per heavy atom. The van der Waals surface area contributed by atoms with Gasteiger partial charge in [-0.05, 0) is 24.6 Å². The monoisotopic (exact) mass is 256 g/mol. The Bertz CT molecular complexity index is 391. The van der Waals surface area contributed by atoms with Crippen LogP contribution in [0.2, 0.25) is 0 Å². The third-order valence-corrected chi connectivity index (χ3v) is 3.06. The number of nitrogens with two attached hydrogens (primary N) is 1. The van der Waals surface area contributed by atoms with Crippen LogP contribution >= 0.6 is 0 Å². The standard InChI is InChI=1S/C14H22F2N2/c1-4-18(10-14(2,3)9-17)8-11-5-6-12(15)7-13(11)16/h5-7H,4,8-10,17H2,1-3H3. The summed E-state index contributed by atoms with van der Waals surface area (Å²) in [4.78, 5) is 2.11. The van der Waals surface area contributed by atoms with Gasteiger partial charge in [0.25, 0.3) is 0 Å². The first-order valence-corrected chi connectivity index (χ1v) is 6.24. The van der Waals surface area contributed by atoms with Crippen molar-refractivity contribution in [2.24, 2.45) is 11.1 Å². The number of hydrogen-bond donors (Lipinski definition) is 1. The lowest BCUT2D eigenvalue weighted by atomic mass is 9.93. The van der Waals surface area contributed by atoms with Crippen LogP contribution in [0.5, 0.6) is 0 Å². The van der Waals surface area contributed by atoms with E-state index in [1.165, 1.54) is 12.1 Å². The molecule has 1 rings (SSSR count). The van der Waals surface area contributed by atoms with Crippen LogP contribution < -0.4 is 5.73 Å². The van der Waals surface area contributed by atoms with Crippen LogP contribution in [0.4, 0.5) is 8.78 Å². The molecule has 0 aromatic heterocycles. The molecule has 2 nitrogen and oxygen atoms in total. The van der Waals surface area contributed by atoms with Gasteiger partial charge in [-0.25, -0.2) is 8.78 Å². The normalized spacial score (nSPS) is 12.2. The number of halogens is 2. The van der Waals surface area contributed by atoms with Crippen molar-refractivity contribution < 1.29 is 8.78 Å². The predicted octanol–water partition coefficient (Wildman–Crippen LogP) is 2.77. The number of nitrogens with zero attached hydrogens (tertiary/aromatic N) is 1. The highest BCUT2D eigenvalue weighted by molar-refractivity contribution is 5.18. The summed E-state index contributed by atoms with van der Waals surface area (Å²) < 4.78 is 26.4. The number of benzene rings is 1. The van der Waals surface area contributed by atoms with E-state index in [-0.39, 0.29) is 5.41 Å². The first kappa shape index (κ1) is 15.1. The molecule has 18 heavy (non-hydrogen) atoms. The second kappa shape index (κ2) is 6.25. The predicted molar refractivity (Wildman–Crippen MR) is 70.1 cm³/mol. The summed E-state index contributed by atoms with van der Waals surface area (Å²) in [7, 11) is 0. The Balaban J connectivity index is 2.74. The SMILES string of the molecule is CCN(Cc1ccc(F)cc1F)CC(C)(C)CN. The minimum Gasteiger partial charge on any atom is -0.330 e. The van der Waals surface area contributed by atoms with E-state index in [1.54, 1.807) is 0 Å². The summed E-state index contributed by atoms with van der Waals surface area (Å²) in [6.07, 6.45) is 0. The van der Waals surface area contributed by atoms with Crippen molar-refractivity contribution in [2.45, 2.75) is 27.3 Å². The minimum absolute atomic E-state index is 0.00742. The maximum Gasteiger partial charge on any atom is 0.130 e. The molecule has 0 amide bonds. The molecular formula is C14H22F2N2. The van der Waals surface area contributed by atoms with Crippen molar-refractivity contribution in [3.05, 3.63) is 35.4 Å². The zero-order valence-electron chi connectivity index (χ0n) is 11.3. The fraction of sp³-hybridized carbons (Fsp3) is 0.571. The molecule has 0 saturated carbocycles. The lowest BCUT2D eigenvalue weighted by molar-refractivity contribution is 0.181. The molecular weight excluding hydrogens is 234 g/mol. The quantitative estimate of drug-likeness (QED) is 0.848. The van der Waals surface area contributed by atoms with E-state index >= 15 is 0 Å². The summed E-state index contributed by atoms with van der Waals surface area (Å²) in [5, 5.41) is 0. The molecule has 0 unspecified atom stereocenters. The van der Waals surface area contributed by atoms with Gasteiger partial charge in [0.1, 0.15) is 11.6 Å². The van der Waals surface area contributed by atoms with E-state index in [9.17, 15) is 8.78 Å². The molecule has 0 radical (unpaired) electrons. The molecule has 1 aromatic rings. The summed E-state index contributed by atoms with van der Waals surface area (Å²) in [6, 6.07) is 3.72. The van der Waals surface area contributed by atoms with Crippen molar-refractivity contribution in [3.8, 4) is 0 Å². The Morgan fingerprint density at radius 2 is 1.94 bits per heavy atom. The van der Waals surface area contributed by atoms with Gasteiger partial charge in [0, 0.05) is 24.7 Å². The van der Waals surface area contributed by atoms with Crippen molar-refractivity contribution >= 4 is 0 Å². The van der Waals surface area contributed by atoms with Crippen molar-refractivity contribution in [1.29, 1.82) is 0 Å². The van der Waals surface area contributed by atoms with E-state index in [2.05, 4.69) is 18.7 Å². The van der Waals surface area contributed by atoms with Crippen LogP contribution in [0.3, 0.4) is 0 Å². The maximum absolute atomic E-state index is 13.6. The van der Waals surface area contributed by atoms with Gasteiger partial charge in [0.05, 0.1) is 0 Å². The van der Waals surface area contributed by atoms with Gasteiger partial charge in [-0.3, -0.25) is 4.90 Å². The lowest BCUT2D eigenvalue weighted by Crippen LogP contribution is -2.38. The van der Waals surface area contributed by atoms with Gasteiger partial charge >= 0.3 is 0 Å². The Morgan fingerprint density at radius 1 is 1.28 bits per heavy atom. The highest BCUT2D eigenvalue weighted by Crippen LogP contribution is 2.18. The summed E-state index contributed by atoms with van der Waals surface area (Å²) in [5.41, 5.74) is 6.21. The molecule has 2 N–H and O–H groups in total. The summed E-state index contributed by atoms with van der Waals surface area (Å²) in [6.45, 7) is 8.83. The second-order valence-electron chi connectivity index (χ2n) is 5.41. The topological polar surface area (TPSA) is 29.3 Å². The van der Waals surface area contributed by atoms with Crippen LogP contribution in [0, 0.1) is 17.0 Å². The minimum atomic E-state index is -0.540. The van der Waals surface area contributed by atoms with E-state index in [1.807, 2.05) is 6.92 Å². The second-order valence-corrected chi connectivity index (χ2v) is 5.41. The Kier molecular flexibility index (Phi) is 5.23. The molecule has 0 bridgehead atoms. The fourth-order valence-electron chi connectivity index (χ4n) is 1.84. The van der Waals surface area contributed by atoms with Crippen molar-refractivity contribution in [3.63, 3.8) is 0 Å². The van der Waals surface area contributed by atoms with Crippen LogP contribution in [0.15, 0.2) is 18.2 Å². The third kappa shape index (κ3) is 4.35. The van der Waals surface area contributed by atoms with Crippen LogP contribution in [0.1, 0.15) is 26.3 Å². The molecule has 0 aliphatic heterocycles. The first-order chi connectivity index (χ1) is 8.38. The number of hydrogen-bond acceptors (Lipinski definition) is 2. The smallest absolute Gasteiger partial charge is 0.130 e. The third-order valence-electron chi connectivity index (χ3n) is 3.06. The van der Waals surface area contributed by atoms with Crippen LogP contribution in [-0.2, 0) is 6.54 Å². The van der Waals surface area contributed by atoms with Crippen LogP contribution in [0.25, 0.3) is 0 Å². The van der Waals surface area contributed by atoms with Gasteiger partial charge in [-0.1, -0.05) is 26.8 Å². The van der Waals surface area contributed by atoms with Gasteiger partial charge in [-0.2, -0.15) is 0 Å². The van der Waals surface area contributed by atoms with Gasteiger partial charge < -0.3 is 5.73 Å². The largest absolute Gasteiger partial charge is 0.330 e. The van der Waals surface area contributed by atoms with E-state index in [0.29, 0.717) is 18.7 Å².